The van der Waals surface area contributed by atoms with E-state index >= 15 is 0 Å². The van der Waals surface area contributed by atoms with Crippen molar-refractivity contribution in [3.05, 3.63) is 35.9 Å². The number of hydrogen-bond acceptors (Lipinski definition) is 5. The van der Waals surface area contributed by atoms with Gasteiger partial charge >= 0.3 is 12.1 Å². The zero-order valence-corrected chi connectivity index (χ0v) is 17.5. The molecule has 1 amide bonds. The van der Waals surface area contributed by atoms with Crippen molar-refractivity contribution in [2.45, 2.75) is 65.6 Å². The lowest BCUT2D eigenvalue weighted by Crippen LogP contribution is -2.57. The lowest BCUT2D eigenvalue weighted by Gasteiger charge is -2.40. The van der Waals surface area contributed by atoms with Crippen LogP contribution in [-0.2, 0) is 25.5 Å². The standard InChI is InChI=1S/C22H31NO5/c1-6-16(2)27-19(25)22(14-17-10-8-7-9-11-17)15-23(13-12-18(22)24)20(26)28-21(3,4)5/h7-11,16H,6,12-15H2,1-5H3. The minimum Gasteiger partial charge on any atom is -0.462 e. The molecule has 2 atom stereocenters. The van der Waals surface area contributed by atoms with E-state index in [4.69, 9.17) is 9.47 Å². The molecule has 0 radical (unpaired) electrons. The molecule has 0 N–H and O–H groups in total. The fourth-order valence-corrected chi connectivity index (χ4v) is 3.18. The number of benzene rings is 1. The fraction of sp³-hybridized carbons (Fsp3) is 0.591. The van der Waals surface area contributed by atoms with Crippen LogP contribution in [0.2, 0.25) is 0 Å². The van der Waals surface area contributed by atoms with E-state index in [0.29, 0.717) is 6.42 Å². The van der Waals surface area contributed by atoms with Gasteiger partial charge in [-0.2, -0.15) is 0 Å². The van der Waals surface area contributed by atoms with Crippen LogP contribution >= 0.6 is 0 Å². The van der Waals surface area contributed by atoms with Crippen molar-refractivity contribution in [1.82, 2.24) is 4.90 Å². The van der Waals surface area contributed by atoms with Crippen LogP contribution in [0, 0.1) is 5.41 Å². The van der Waals surface area contributed by atoms with Crippen molar-refractivity contribution in [2.75, 3.05) is 13.1 Å². The highest BCUT2D eigenvalue weighted by Crippen LogP contribution is 2.34. The van der Waals surface area contributed by atoms with Crippen molar-refractivity contribution >= 4 is 17.8 Å². The van der Waals surface area contributed by atoms with Gasteiger partial charge in [-0.1, -0.05) is 37.3 Å². The van der Waals surface area contributed by atoms with Gasteiger partial charge in [0.1, 0.15) is 11.0 Å². The molecule has 1 aliphatic heterocycles. The molecular formula is C22H31NO5. The van der Waals surface area contributed by atoms with Crippen molar-refractivity contribution < 1.29 is 23.9 Å². The number of carbonyl (C=O) groups is 3. The first-order valence-corrected chi connectivity index (χ1v) is 9.83. The summed E-state index contributed by atoms with van der Waals surface area (Å²) in [5.41, 5.74) is -1.22. The average molecular weight is 389 g/mol. The minimum atomic E-state index is -1.42. The van der Waals surface area contributed by atoms with Crippen LogP contribution in [0.5, 0.6) is 0 Å². The molecule has 154 valence electrons. The van der Waals surface area contributed by atoms with Crippen molar-refractivity contribution in [1.29, 1.82) is 0 Å². The highest BCUT2D eigenvalue weighted by Gasteiger charge is 2.52. The highest BCUT2D eigenvalue weighted by molar-refractivity contribution is 6.05. The van der Waals surface area contributed by atoms with Gasteiger partial charge in [0.15, 0.2) is 5.78 Å². The summed E-state index contributed by atoms with van der Waals surface area (Å²) < 4.78 is 11.0. The van der Waals surface area contributed by atoms with Crippen LogP contribution in [0.1, 0.15) is 53.0 Å². The molecule has 2 rings (SSSR count). The van der Waals surface area contributed by atoms with E-state index in [9.17, 15) is 14.4 Å². The first kappa shape index (κ1) is 21.9. The third-order valence-corrected chi connectivity index (χ3v) is 4.88. The Kier molecular flexibility index (Phi) is 6.86. The van der Waals surface area contributed by atoms with E-state index < -0.39 is 23.1 Å². The number of hydrogen-bond donors (Lipinski definition) is 0. The van der Waals surface area contributed by atoms with E-state index in [-0.39, 0.29) is 37.8 Å². The van der Waals surface area contributed by atoms with E-state index in [1.807, 2.05) is 37.3 Å². The molecule has 1 aromatic rings. The quantitative estimate of drug-likeness (QED) is 0.566. The van der Waals surface area contributed by atoms with Gasteiger partial charge in [-0.15, -0.1) is 0 Å². The number of nitrogens with zero attached hydrogens (tertiary/aromatic N) is 1. The lowest BCUT2D eigenvalue weighted by atomic mass is 9.74. The van der Waals surface area contributed by atoms with Gasteiger partial charge in [-0.05, 0) is 46.1 Å². The van der Waals surface area contributed by atoms with E-state index in [1.165, 1.54) is 4.90 Å². The first-order valence-electron chi connectivity index (χ1n) is 9.83. The Balaban J connectivity index is 2.35. The molecule has 0 bridgehead atoms. The average Bonchev–Trinajstić information content (AvgIpc) is 2.62. The summed E-state index contributed by atoms with van der Waals surface area (Å²) in [6, 6.07) is 9.35. The van der Waals surface area contributed by atoms with Gasteiger partial charge in [-0.25, -0.2) is 4.79 Å². The zero-order chi connectivity index (χ0) is 20.9. The largest absolute Gasteiger partial charge is 0.462 e. The van der Waals surface area contributed by atoms with Gasteiger partial charge in [0.25, 0.3) is 0 Å². The minimum absolute atomic E-state index is 0.0368. The van der Waals surface area contributed by atoms with Crippen LogP contribution < -0.4 is 0 Å². The third kappa shape index (κ3) is 5.33. The number of ether oxygens (including phenoxy) is 2. The summed E-state index contributed by atoms with van der Waals surface area (Å²) in [4.78, 5) is 40.2. The maximum atomic E-state index is 13.1. The predicted molar refractivity (Wildman–Crippen MR) is 106 cm³/mol. The monoisotopic (exact) mass is 389 g/mol. The smallest absolute Gasteiger partial charge is 0.410 e. The molecule has 1 fully saturated rings. The summed E-state index contributed by atoms with van der Waals surface area (Å²) in [5.74, 6) is -0.756. The van der Waals surface area contributed by atoms with Gasteiger partial charge in [-0.3, -0.25) is 9.59 Å². The molecule has 0 aliphatic carbocycles. The lowest BCUT2D eigenvalue weighted by molar-refractivity contribution is -0.168. The van der Waals surface area contributed by atoms with Crippen molar-refractivity contribution in [2.24, 2.45) is 5.41 Å². The number of piperidine rings is 1. The Bertz CT molecular complexity index is 709. The van der Waals surface area contributed by atoms with E-state index in [0.717, 1.165) is 5.56 Å². The van der Waals surface area contributed by atoms with E-state index in [1.54, 1.807) is 27.7 Å². The first-order chi connectivity index (χ1) is 13.1. The van der Waals surface area contributed by atoms with Gasteiger partial charge in [0, 0.05) is 19.5 Å². The number of likely N-dealkylation sites (tertiary alicyclic amines) is 1. The van der Waals surface area contributed by atoms with E-state index in [2.05, 4.69) is 0 Å². The number of carbonyl (C=O) groups excluding carboxylic acids is 3. The molecule has 6 heteroatoms. The molecule has 1 aliphatic rings. The number of Topliss-reactive ketones (excluding diaryl/α,β-unsaturated/α-hetero) is 1. The molecule has 1 saturated heterocycles. The molecule has 1 aromatic carbocycles. The number of esters is 1. The highest BCUT2D eigenvalue weighted by atomic mass is 16.6. The Morgan fingerprint density at radius 1 is 1.21 bits per heavy atom. The van der Waals surface area contributed by atoms with Crippen molar-refractivity contribution in [3.63, 3.8) is 0 Å². The summed E-state index contributed by atoms with van der Waals surface area (Å²) >= 11 is 0. The van der Waals surface area contributed by atoms with Gasteiger partial charge < -0.3 is 14.4 Å². The fourth-order valence-electron chi connectivity index (χ4n) is 3.18. The molecular weight excluding hydrogens is 358 g/mol. The molecule has 28 heavy (non-hydrogen) atoms. The Hall–Kier alpha value is -2.37. The normalized spacial score (nSPS) is 21.2. The SMILES string of the molecule is CCC(C)OC(=O)C1(Cc2ccccc2)CN(C(=O)OC(C)(C)C)CCC1=O. The van der Waals surface area contributed by atoms with Crippen LogP contribution in [0.25, 0.3) is 0 Å². The van der Waals surface area contributed by atoms with Crippen LogP contribution in [0.15, 0.2) is 30.3 Å². The Morgan fingerprint density at radius 3 is 2.43 bits per heavy atom. The zero-order valence-electron chi connectivity index (χ0n) is 17.5. The second kappa shape index (κ2) is 8.76. The Morgan fingerprint density at radius 2 is 1.86 bits per heavy atom. The molecule has 0 aromatic heterocycles. The van der Waals surface area contributed by atoms with Crippen LogP contribution in [-0.4, -0.2) is 47.5 Å². The topological polar surface area (TPSA) is 72.9 Å². The molecule has 6 nitrogen and oxygen atoms in total. The second-order valence-corrected chi connectivity index (χ2v) is 8.44. The molecule has 2 unspecified atom stereocenters. The van der Waals surface area contributed by atoms with Crippen molar-refractivity contribution in [3.8, 4) is 0 Å². The van der Waals surface area contributed by atoms with Gasteiger partial charge in [0.05, 0.1) is 6.10 Å². The molecule has 1 heterocycles. The summed E-state index contributed by atoms with van der Waals surface area (Å²) in [7, 11) is 0. The van der Waals surface area contributed by atoms with Crippen LogP contribution in [0.4, 0.5) is 4.79 Å². The number of rotatable bonds is 5. The summed E-state index contributed by atoms with van der Waals surface area (Å²) in [5, 5.41) is 0. The van der Waals surface area contributed by atoms with Gasteiger partial charge in [0.2, 0.25) is 0 Å². The molecule has 0 spiro atoms. The predicted octanol–water partition coefficient (Wildman–Crippen LogP) is 3.77. The summed E-state index contributed by atoms with van der Waals surface area (Å²) in [6.07, 6.45) is 0.124. The maximum Gasteiger partial charge on any atom is 0.410 e. The molecule has 0 saturated carbocycles. The number of ketones is 1. The number of amides is 1. The van der Waals surface area contributed by atoms with Crippen LogP contribution in [0.3, 0.4) is 0 Å². The summed E-state index contributed by atoms with van der Waals surface area (Å²) in [6.45, 7) is 9.27. The second-order valence-electron chi connectivity index (χ2n) is 8.44. The third-order valence-electron chi connectivity index (χ3n) is 4.88. The maximum absolute atomic E-state index is 13.1. The Labute approximate surface area is 167 Å².